The second-order valence-electron chi connectivity index (χ2n) is 6.81. The fourth-order valence-electron chi connectivity index (χ4n) is 3.47. The number of piperazine rings is 1. The summed E-state index contributed by atoms with van der Waals surface area (Å²) in [6, 6.07) is 6.71. The molecule has 0 bridgehead atoms. The Kier molecular flexibility index (Phi) is 5.28. The summed E-state index contributed by atoms with van der Waals surface area (Å²) >= 11 is 0. The van der Waals surface area contributed by atoms with Crippen molar-refractivity contribution in [1.29, 1.82) is 0 Å². The number of nitrogens with zero attached hydrogens (tertiary/aromatic N) is 3. The van der Waals surface area contributed by atoms with Crippen LogP contribution in [-0.2, 0) is 11.3 Å². The highest BCUT2D eigenvalue weighted by molar-refractivity contribution is 5.79. The summed E-state index contributed by atoms with van der Waals surface area (Å²) in [7, 11) is 2.11. The minimum atomic E-state index is -0.190. The smallest absolute Gasteiger partial charge is 0.225 e. The zero-order chi connectivity index (χ0) is 16.2. The molecule has 1 amide bonds. The van der Waals surface area contributed by atoms with Gasteiger partial charge in [-0.15, -0.1) is 0 Å². The monoisotopic (exact) mass is 319 g/mol. The maximum Gasteiger partial charge on any atom is 0.225 e. The Bertz CT molecular complexity index is 518. The first-order chi connectivity index (χ1) is 11.1. The van der Waals surface area contributed by atoms with Crippen LogP contribution in [0.25, 0.3) is 0 Å². The van der Waals surface area contributed by atoms with Gasteiger partial charge in [0.2, 0.25) is 5.91 Å². The second-order valence-corrected chi connectivity index (χ2v) is 6.81. The number of hydrogen-bond donors (Lipinski definition) is 0. The number of likely N-dealkylation sites (tertiary alicyclic amines) is 1. The molecule has 1 aromatic carbocycles. The van der Waals surface area contributed by atoms with E-state index in [0.29, 0.717) is 5.91 Å². The van der Waals surface area contributed by atoms with E-state index in [1.54, 1.807) is 0 Å². The van der Waals surface area contributed by atoms with E-state index in [1.807, 2.05) is 17.0 Å². The predicted molar refractivity (Wildman–Crippen MR) is 88.5 cm³/mol. The molecule has 0 saturated carbocycles. The normalized spacial score (nSPS) is 21.6. The van der Waals surface area contributed by atoms with Crippen molar-refractivity contribution in [2.45, 2.75) is 19.4 Å². The third-order valence-electron chi connectivity index (χ3n) is 5.07. The van der Waals surface area contributed by atoms with E-state index in [0.717, 1.165) is 64.2 Å². The molecule has 0 aromatic heterocycles. The van der Waals surface area contributed by atoms with Crippen molar-refractivity contribution in [2.75, 3.05) is 46.3 Å². The molecule has 2 heterocycles. The van der Waals surface area contributed by atoms with Crippen molar-refractivity contribution < 1.29 is 9.18 Å². The fourth-order valence-corrected chi connectivity index (χ4v) is 3.47. The Morgan fingerprint density at radius 2 is 1.65 bits per heavy atom. The second kappa shape index (κ2) is 7.41. The summed E-state index contributed by atoms with van der Waals surface area (Å²) in [5.41, 5.74) is 1.13. The molecule has 0 aliphatic carbocycles. The summed E-state index contributed by atoms with van der Waals surface area (Å²) < 4.78 is 12.9. The van der Waals surface area contributed by atoms with Gasteiger partial charge >= 0.3 is 0 Å². The maximum atomic E-state index is 12.9. The molecule has 2 aliphatic rings. The van der Waals surface area contributed by atoms with Gasteiger partial charge in [0, 0.05) is 38.6 Å². The van der Waals surface area contributed by atoms with Crippen molar-refractivity contribution in [1.82, 2.24) is 14.7 Å². The minimum Gasteiger partial charge on any atom is -0.340 e. The topological polar surface area (TPSA) is 26.8 Å². The summed E-state index contributed by atoms with van der Waals surface area (Å²) in [6.45, 7) is 6.43. The molecule has 0 spiro atoms. The van der Waals surface area contributed by atoms with Crippen LogP contribution in [0.4, 0.5) is 4.39 Å². The van der Waals surface area contributed by atoms with Crippen molar-refractivity contribution in [3.63, 3.8) is 0 Å². The van der Waals surface area contributed by atoms with Gasteiger partial charge in [-0.3, -0.25) is 9.69 Å². The Balaban J connectivity index is 1.46. The van der Waals surface area contributed by atoms with Crippen LogP contribution < -0.4 is 0 Å². The molecule has 126 valence electrons. The van der Waals surface area contributed by atoms with Gasteiger partial charge in [-0.05, 0) is 50.7 Å². The summed E-state index contributed by atoms with van der Waals surface area (Å²) in [6.07, 6.45) is 1.87. The third-order valence-corrected chi connectivity index (χ3v) is 5.07. The number of halogens is 1. The number of rotatable bonds is 3. The zero-order valence-corrected chi connectivity index (χ0v) is 13.9. The van der Waals surface area contributed by atoms with E-state index in [9.17, 15) is 9.18 Å². The summed E-state index contributed by atoms with van der Waals surface area (Å²) in [4.78, 5) is 19.3. The van der Waals surface area contributed by atoms with Gasteiger partial charge in [0.1, 0.15) is 5.82 Å². The quantitative estimate of drug-likeness (QED) is 0.850. The number of amides is 1. The third kappa shape index (κ3) is 4.30. The largest absolute Gasteiger partial charge is 0.340 e. The molecule has 0 unspecified atom stereocenters. The number of likely N-dealkylation sites (N-methyl/N-ethyl adjacent to an activating group) is 1. The van der Waals surface area contributed by atoms with Crippen LogP contribution in [-0.4, -0.2) is 66.9 Å². The molecule has 23 heavy (non-hydrogen) atoms. The first-order valence-corrected chi connectivity index (χ1v) is 8.56. The molecule has 0 radical (unpaired) electrons. The number of piperidine rings is 1. The Labute approximate surface area is 137 Å². The lowest BCUT2D eigenvalue weighted by Gasteiger charge is -2.37. The van der Waals surface area contributed by atoms with Crippen molar-refractivity contribution in [3.05, 3.63) is 35.6 Å². The van der Waals surface area contributed by atoms with Crippen LogP contribution >= 0.6 is 0 Å². The lowest BCUT2D eigenvalue weighted by Crippen LogP contribution is -2.50. The van der Waals surface area contributed by atoms with E-state index in [-0.39, 0.29) is 11.7 Å². The van der Waals surface area contributed by atoms with Crippen LogP contribution in [0, 0.1) is 11.7 Å². The van der Waals surface area contributed by atoms with Gasteiger partial charge in [-0.2, -0.15) is 0 Å². The Morgan fingerprint density at radius 1 is 1.04 bits per heavy atom. The van der Waals surface area contributed by atoms with E-state index < -0.39 is 0 Å². The van der Waals surface area contributed by atoms with Crippen LogP contribution in [0.15, 0.2) is 24.3 Å². The van der Waals surface area contributed by atoms with Gasteiger partial charge in [0.25, 0.3) is 0 Å². The molecule has 4 nitrogen and oxygen atoms in total. The van der Waals surface area contributed by atoms with Crippen molar-refractivity contribution >= 4 is 5.91 Å². The SMILES string of the molecule is CN1CCN(C(=O)C2CCN(Cc3ccc(F)cc3)CC2)CC1. The van der Waals surface area contributed by atoms with E-state index >= 15 is 0 Å². The molecule has 2 saturated heterocycles. The maximum absolute atomic E-state index is 12.9. The number of carbonyl (C=O) groups excluding carboxylic acids is 1. The van der Waals surface area contributed by atoms with Gasteiger partial charge in [-0.1, -0.05) is 12.1 Å². The highest BCUT2D eigenvalue weighted by atomic mass is 19.1. The number of carbonyl (C=O) groups is 1. The van der Waals surface area contributed by atoms with Gasteiger partial charge in [-0.25, -0.2) is 4.39 Å². The van der Waals surface area contributed by atoms with Gasteiger partial charge in [0.05, 0.1) is 0 Å². The highest BCUT2D eigenvalue weighted by Gasteiger charge is 2.29. The molecule has 2 aliphatic heterocycles. The fraction of sp³-hybridized carbons (Fsp3) is 0.611. The lowest BCUT2D eigenvalue weighted by molar-refractivity contribution is -0.138. The molecule has 1 aromatic rings. The predicted octanol–water partition coefficient (Wildman–Crippen LogP) is 1.81. The first kappa shape index (κ1) is 16.4. The zero-order valence-electron chi connectivity index (χ0n) is 13.9. The summed E-state index contributed by atoms with van der Waals surface area (Å²) in [5, 5.41) is 0. The van der Waals surface area contributed by atoms with E-state index in [2.05, 4.69) is 16.8 Å². The molecule has 3 rings (SSSR count). The molecule has 2 fully saturated rings. The molecular weight excluding hydrogens is 293 g/mol. The van der Waals surface area contributed by atoms with E-state index in [4.69, 9.17) is 0 Å². The van der Waals surface area contributed by atoms with E-state index in [1.165, 1.54) is 12.1 Å². The first-order valence-electron chi connectivity index (χ1n) is 8.56. The molecule has 0 N–H and O–H groups in total. The number of hydrogen-bond acceptors (Lipinski definition) is 3. The van der Waals surface area contributed by atoms with Gasteiger partial charge in [0.15, 0.2) is 0 Å². The van der Waals surface area contributed by atoms with Gasteiger partial charge < -0.3 is 9.80 Å². The van der Waals surface area contributed by atoms with Crippen LogP contribution in [0.2, 0.25) is 0 Å². The standard InChI is InChI=1S/C18H26FN3O/c1-20-10-12-22(13-11-20)18(23)16-6-8-21(9-7-16)14-15-2-4-17(19)5-3-15/h2-5,16H,6-14H2,1H3. The van der Waals surface area contributed by atoms with Crippen molar-refractivity contribution in [2.24, 2.45) is 5.92 Å². The minimum absolute atomic E-state index is 0.183. The highest BCUT2D eigenvalue weighted by Crippen LogP contribution is 2.22. The lowest BCUT2D eigenvalue weighted by atomic mass is 9.94. The van der Waals surface area contributed by atoms with Crippen molar-refractivity contribution in [3.8, 4) is 0 Å². The Hall–Kier alpha value is -1.46. The van der Waals surface area contributed by atoms with Crippen LogP contribution in [0.5, 0.6) is 0 Å². The average Bonchev–Trinajstić information content (AvgIpc) is 2.58. The molecule has 5 heteroatoms. The van der Waals surface area contributed by atoms with Crippen LogP contribution in [0.3, 0.4) is 0 Å². The van der Waals surface area contributed by atoms with Crippen LogP contribution in [0.1, 0.15) is 18.4 Å². The molecule has 0 atom stereocenters. The number of benzene rings is 1. The summed E-state index contributed by atoms with van der Waals surface area (Å²) in [5.74, 6) is 0.340. The molecular formula is C18H26FN3O. The Morgan fingerprint density at radius 3 is 2.26 bits per heavy atom. The average molecular weight is 319 g/mol.